The third kappa shape index (κ3) is 3.54. The van der Waals surface area contributed by atoms with Crippen LogP contribution >= 0.6 is 0 Å². The Balaban J connectivity index is 2.13. The van der Waals surface area contributed by atoms with Crippen LogP contribution in [-0.2, 0) is 0 Å². The summed E-state index contributed by atoms with van der Waals surface area (Å²) in [7, 11) is 2.24. The number of hydrogen-bond donors (Lipinski definition) is 0. The van der Waals surface area contributed by atoms with Gasteiger partial charge in [-0.2, -0.15) is 5.26 Å². The molecular weight excluding hydrogens is 246 g/mol. The maximum atomic E-state index is 9.55. The molecule has 0 N–H and O–H groups in total. The van der Waals surface area contributed by atoms with Crippen molar-refractivity contribution < 1.29 is 0 Å². The molecule has 2 fully saturated rings. The fourth-order valence-corrected chi connectivity index (χ4v) is 4.18. The van der Waals surface area contributed by atoms with E-state index >= 15 is 0 Å². The fourth-order valence-electron chi connectivity index (χ4n) is 4.18. The SMILES string of the molecule is CCC1CCC(C#N)C(N2CCCN(C)CC2CC)C1. The predicted octanol–water partition coefficient (Wildman–Crippen LogP) is 3.12. The van der Waals surface area contributed by atoms with Crippen molar-refractivity contribution in [1.29, 1.82) is 5.26 Å². The zero-order valence-corrected chi connectivity index (χ0v) is 13.5. The Bertz CT molecular complexity index is 336. The molecule has 0 amide bonds. The summed E-state index contributed by atoms with van der Waals surface area (Å²) in [6.45, 7) is 8.17. The number of likely N-dealkylation sites (N-methyl/N-ethyl adjacent to an activating group) is 1. The van der Waals surface area contributed by atoms with E-state index in [2.05, 4.69) is 36.8 Å². The molecule has 0 spiro atoms. The molecule has 3 heteroatoms. The summed E-state index contributed by atoms with van der Waals surface area (Å²) in [5, 5.41) is 9.55. The molecule has 0 aromatic carbocycles. The van der Waals surface area contributed by atoms with Crippen LogP contribution < -0.4 is 0 Å². The summed E-state index contributed by atoms with van der Waals surface area (Å²) < 4.78 is 0. The van der Waals surface area contributed by atoms with E-state index in [-0.39, 0.29) is 5.92 Å². The van der Waals surface area contributed by atoms with E-state index in [0.29, 0.717) is 12.1 Å². The minimum absolute atomic E-state index is 0.259. The highest BCUT2D eigenvalue weighted by Crippen LogP contribution is 2.35. The van der Waals surface area contributed by atoms with Crippen molar-refractivity contribution in [3.05, 3.63) is 0 Å². The van der Waals surface area contributed by atoms with E-state index in [1.807, 2.05) is 0 Å². The Morgan fingerprint density at radius 3 is 2.60 bits per heavy atom. The van der Waals surface area contributed by atoms with Crippen molar-refractivity contribution in [2.45, 2.75) is 64.5 Å². The third-order valence-electron chi connectivity index (χ3n) is 5.51. The van der Waals surface area contributed by atoms with Crippen molar-refractivity contribution in [3.8, 4) is 6.07 Å². The van der Waals surface area contributed by atoms with Crippen LogP contribution in [0.4, 0.5) is 0 Å². The minimum atomic E-state index is 0.259. The van der Waals surface area contributed by atoms with Crippen molar-refractivity contribution >= 4 is 0 Å². The van der Waals surface area contributed by atoms with Crippen molar-refractivity contribution in [3.63, 3.8) is 0 Å². The normalized spacial score (nSPS) is 37.3. The monoisotopic (exact) mass is 277 g/mol. The third-order valence-corrected chi connectivity index (χ3v) is 5.51. The molecule has 20 heavy (non-hydrogen) atoms. The first kappa shape index (κ1) is 15.8. The molecule has 0 aromatic rings. The van der Waals surface area contributed by atoms with Gasteiger partial charge >= 0.3 is 0 Å². The molecule has 114 valence electrons. The van der Waals surface area contributed by atoms with Crippen LogP contribution in [0.1, 0.15) is 52.4 Å². The lowest BCUT2D eigenvalue weighted by molar-refractivity contribution is 0.0603. The van der Waals surface area contributed by atoms with Crippen LogP contribution in [0.3, 0.4) is 0 Å². The van der Waals surface area contributed by atoms with Crippen LogP contribution in [-0.4, -0.2) is 48.6 Å². The Morgan fingerprint density at radius 1 is 1.15 bits per heavy atom. The van der Waals surface area contributed by atoms with Gasteiger partial charge in [-0.05, 0) is 51.6 Å². The molecule has 1 heterocycles. The van der Waals surface area contributed by atoms with Crippen LogP contribution in [0.2, 0.25) is 0 Å². The highest BCUT2D eigenvalue weighted by molar-refractivity contribution is 4.99. The molecule has 0 bridgehead atoms. The Morgan fingerprint density at radius 2 is 1.95 bits per heavy atom. The van der Waals surface area contributed by atoms with Gasteiger partial charge in [-0.3, -0.25) is 4.90 Å². The molecule has 1 saturated heterocycles. The van der Waals surface area contributed by atoms with Crippen LogP contribution in [0.15, 0.2) is 0 Å². The second-order valence-electron chi connectivity index (χ2n) is 6.81. The number of nitriles is 1. The number of rotatable bonds is 3. The van der Waals surface area contributed by atoms with Gasteiger partial charge < -0.3 is 4.90 Å². The second kappa shape index (κ2) is 7.43. The van der Waals surface area contributed by atoms with Crippen LogP contribution in [0, 0.1) is 23.2 Å². The lowest BCUT2D eigenvalue weighted by Gasteiger charge is -2.43. The van der Waals surface area contributed by atoms with Crippen molar-refractivity contribution in [2.24, 2.45) is 11.8 Å². The summed E-state index contributed by atoms with van der Waals surface area (Å²) in [4.78, 5) is 5.18. The maximum Gasteiger partial charge on any atom is 0.0672 e. The molecule has 0 radical (unpaired) electrons. The molecule has 3 nitrogen and oxygen atoms in total. The van der Waals surface area contributed by atoms with Crippen LogP contribution in [0.5, 0.6) is 0 Å². The summed E-state index contributed by atoms with van der Waals surface area (Å²) in [5.74, 6) is 1.10. The van der Waals surface area contributed by atoms with Gasteiger partial charge in [-0.1, -0.05) is 20.3 Å². The molecule has 2 aliphatic rings. The Labute approximate surface area is 124 Å². The van der Waals surface area contributed by atoms with E-state index in [9.17, 15) is 5.26 Å². The topological polar surface area (TPSA) is 30.3 Å². The maximum absolute atomic E-state index is 9.55. The van der Waals surface area contributed by atoms with Gasteiger partial charge in [0.05, 0.1) is 12.0 Å². The van der Waals surface area contributed by atoms with Gasteiger partial charge in [0.15, 0.2) is 0 Å². The highest BCUT2D eigenvalue weighted by Gasteiger charge is 2.37. The molecular formula is C17H31N3. The average molecular weight is 277 g/mol. The second-order valence-corrected chi connectivity index (χ2v) is 6.81. The summed E-state index contributed by atoms with van der Waals surface area (Å²) >= 11 is 0. The molecule has 0 aromatic heterocycles. The summed E-state index contributed by atoms with van der Waals surface area (Å²) in [6, 6.07) is 3.76. The standard InChI is InChI=1S/C17H31N3/c1-4-14-7-8-15(12-18)17(11-14)20-10-6-9-19(3)13-16(20)5-2/h14-17H,4-11,13H2,1-3H3. The molecule has 4 unspecified atom stereocenters. The van der Waals surface area contributed by atoms with Gasteiger partial charge in [0.1, 0.15) is 0 Å². The number of nitrogens with zero attached hydrogens (tertiary/aromatic N) is 3. The first-order valence-electron chi connectivity index (χ1n) is 8.53. The Hall–Kier alpha value is -0.590. The van der Waals surface area contributed by atoms with E-state index in [1.54, 1.807) is 0 Å². The minimum Gasteiger partial charge on any atom is -0.305 e. The first-order valence-corrected chi connectivity index (χ1v) is 8.53. The van der Waals surface area contributed by atoms with E-state index in [4.69, 9.17) is 0 Å². The van der Waals surface area contributed by atoms with Crippen LogP contribution in [0.25, 0.3) is 0 Å². The van der Waals surface area contributed by atoms with Crippen molar-refractivity contribution in [1.82, 2.24) is 9.80 Å². The zero-order valence-electron chi connectivity index (χ0n) is 13.5. The fraction of sp³-hybridized carbons (Fsp3) is 0.941. The first-order chi connectivity index (χ1) is 9.69. The molecule has 1 saturated carbocycles. The molecule has 4 atom stereocenters. The van der Waals surface area contributed by atoms with E-state index in [0.717, 1.165) is 12.3 Å². The highest BCUT2D eigenvalue weighted by atomic mass is 15.3. The lowest BCUT2D eigenvalue weighted by atomic mass is 9.76. The van der Waals surface area contributed by atoms with Gasteiger partial charge in [0, 0.05) is 25.2 Å². The lowest BCUT2D eigenvalue weighted by Crippen LogP contribution is -2.50. The van der Waals surface area contributed by atoms with Gasteiger partial charge in [0.2, 0.25) is 0 Å². The Kier molecular flexibility index (Phi) is 5.86. The van der Waals surface area contributed by atoms with E-state index in [1.165, 1.54) is 51.7 Å². The smallest absolute Gasteiger partial charge is 0.0672 e. The average Bonchev–Trinajstić information content (AvgIpc) is 2.67. The number of hydrogen-bond acceptors (Lipinski definition) is 3. The quantitative estimate of drug-likeness (QED) is 0.794. The largest absolute Gasteiger partial charge is 0.305 e. The molecule has 1 aliphatic carbocycles. The predicted molar refractivity (Wildman–Crippen MR) is 83.4 cm³/mol. The zero-order chi connectivity index (χ0) is 14.5. The van der Waals surface area contributed by atoms with Gasteiger partial charge in [-0.15, -0.1) is 0 Å². The summed E-state index contributed by atoms with van der Waals surface area (Å²) in [5.41, 5.74) is 0. The molecule has 2 rings (SSSR count). The van der Waals surface area contributed by atoms with Gasteiger partial charge in [0.25, 0.3) is 0 Å². The summed E-state index contributed by atoms with van der Waals surface area (Å²) in [6.07, 6.45) is 7.35. The van der Waals surface area contributed by atoms with E-state index < -0.39 is 0 Å². The van der Waals surface area contributed by atoms with Crippen molar-refractivity contribution in [2.75, 3.05) is 26.7 Å². The molecule has 1 aliphatic heterocycles. The van der Waals surface area contributed by atoms with Gasteiger partial charge in [-0.25, -0.2) is 0 Å².